The minimum atomic E-state index is -0.496. The van der Waals surface area contributed by atoms with Gasteiger partial charge in [0.15, 0.2) is 5.16 Å². The first kappa shape index (κ1) is 18.6. The lowest BCUT2D eigenvalue weighted by Gasteiger charge is -2.08. The van der Waals surface area contributed by atoms with E-state index in [1.807, 2.05) is 0 Å². The van der Waals surface area contributed by atoms with Crippen molar-refractivity contribution in [2.45, 2.75) is 24.4 Å². The molecule has 1 amide bonds. The average Bonchev–Trinajstić information content (AvgIpc) is 3.24. The molecule has 0 atom stereocenters. The van der Waals surface area contributed by atoms with Crippen molar-refractivity contribution in [2.75, 3.05) is 11.1 Å². The van der Waals surface area contributed by atoms with Crippen LogP contribution in [0.4, 0.5) is 11.4 Å². The molecular weight excluding hydrogens is 400 g/mol. The van der Waals surface area contributed by atoms with Gasteiger partial charge in [0.25, 0.3) is 11.2 Å². The number of nitrogens with one attached hydrogen (secondary N) is 1. The van der Waals surface area contributed by atoms with Gasteiger partial charge in [-0.05, 0) is 37.0 Å². The number of aromatic nitrogens is 2. The highest BCUT2D eigenvalue weighted by molar-refractivity contribution is 7.99. The summed E-state index contributed by atoms with van der Waals surface area (Å²) in [5.74, 6) is -0.199. The fraction of sp³-hybridized carbons (Fsp3) is 0.278. The number of hydrogen-bond donors (Lipinski definition) is 1. The van der Waals surface area contributed by atoms with Crippen molar-refractivity contribution in [3.05, 3.63) is 55.2 Å². The molecule has 0 saturated heterocycles. The molecule has 0 bridgehead atoms. The average molecular weight is 416 g/mol. The summed E-state index contributed by atoms with van der Waals surface area (Å²) in [6.45, 7) is 0. The van der Waals surface area contributed by atoms with Gasteiger partial charge in [-0.15, -0.1) is 11.3 Å². The van der Waals surface area contributed by atoms with Crippen LogP contribution in [-0.4, -0.2) is 26.1 Å². The lowest BCUT2D eigenvalue weighted by Crippen LogP contribution is -2.21. The molecule has 0 unspecified atom stereocenters. The summed E-state index contributed by atoms with van der Waals surface area (Å²) in [6, 6.07) is 5.62. The number of fused-ring (bicyclic) bond motifs is 3. The molecule has 1 aliphatic carbocycles. The predicted octanol–water partition coefficient (Wildman–Crippen LogP) is 3.12. The maximum absolute atomic E-state index is 12.8. The number of thioether (sulfide) groups is 1. The maximum atomic E-state index is 12.8. The quantitative estimate of drug-likeness (QED) is 0.296. The van der Waals surface area contributed by atoms with Crippen LogP contribution in [0.25, 0.3) is 10.2 Å². The van der Waals surface area contributed by atoms with E-state index < -0.39 is 4.92 Å². The second-order valence-corrected chi connectivity index (χ2v) is 8.46. The molecule has 0 fully saturated rings. The molecular formula is C18H16N4O4S2. The summed E-state index contributed by atoms with van der Waals surface area (Å²) in [7, 11) is 1.67. The topological polar surface area (TPSA) is 107 Å². The zero-order valence-corrected chi connectivity index (χ0v) is 16.6. The third-order valence-electron chi connectivity index (χ3n) is 4.60. The fourth-order valence-electron chi connectivity index (χ4n) is 3.23. The molecule has 2 heterocycles. The number of benzene rings is 1. The van der Waals surface area contributed by atoms with E-state index in [1.54, 1.807) is 18.4 Å². The Hall–Kier alpha value is -2.72. The number of anilines is 1. The number of carbonyl (C=O) groups is 1. The monoisotopic (exact) mass is 416 g/mol. The Kier molecular flexibility index (Phi) is 4.90. The molecule has 4 rings (SSSR count). The van der Waals surface area contributed by atoms with Crippen molar-refractivity contribution in [1.29, 1.82) is 0 Å². The number of amides is 1. The van der Waals surface area contributed by atoms with Gasteiger partial charge in [-0.3, -0.25) is 24.3 Å². The molecule has 1 aliphatic rings. The minimum absolute atomic E-state index is 0.0391. The highest BCUT2D eigenvalue weighted by atomic mass is 32.2. The molecule has 0 radical (unpaired) electrons. The van der Waals surface area contributed by atoms with Crippen molar-refractivity contribution in [3.8, 4) is 0 Å². The Bertz CT molecular complexity index is 1150. The summed E-state index contributed by atoms with van der Waals surface area (Å²) < 4.78 is 1.50. The van der Waals surface area contributed by atoms with Crippen LogP contribution in [0.5, 0.6) is 0 Å². The van der Waals surface area contributed by atoms with Crippen molar-refractivity contribution >= 4 is 50.6 Å². The van der Waals surface area contributed by atoms with Gasteiger partial charge in [0, 0.05) is 29.7 Å². The Morgan fingerprint density at radius 1 is 1.36 bits per heavy atom. The lowest BCUT2D eigenvalue weighted by atomic mass is 10.2. The van der Waals surface area contributed by atoms with Crippen LogP contribution >= 0.6 is 23.1 Å². The lowest BCUT2D eigenvalue weighted by molar-refractivity contribution is -0.384. The van der Waals surface area contributed by atoms with Crippen LogP contribution < -0.4 is 10.9 Å². The van der Waals surface area contributed by atoms with Gasteiger partial charge in [0.2, 0.25) is 5.91 Å². The molecule has 2 aromatic heterocycles. The van der Waals surface area contributed by atoms with Crippen molar-refractivity contribution in [1.82, 2.24) is 9.55 Å². The van der Waals surface area contributed by atoms with Crippen molar-refractivity contribution < 1.29 is 9.72 Å². The summed E-state index contributed by atoms with van der Waals surface area (Å²) in [4.78, 5) is 41.7. The second-order valence-electron chi connectivity index (χ2n) is 6.44. The van der Waals surface area contributed by atoms with E-state index in [-0.39, 0.29) is 22.9 Å². The van der Waals surface area contributed by atoms with E-state index >= 15 is 0 Å². The Labute approximate surface area is 167 Å². The summed E-state index contributed by atoms with van der Waals surface area (Å²) in [5, 5.41) is 14.6. The summed E-state index contributed by atoms with van der Waals surface area (Å²) in [6.07, 6.45) is 3.01. The van der Waals surface area contributed by atoms with Gasteiger partial charge in [-0.2, -0.15) is 0 Å². The van der Waals surface area contributed by atoms with Gasteiger partial charge < -0.3 is 5.32 Å². The number of non-ortho nitro benzene ring substituents is 1. The van der Waals surface area contributed by atoms with Gasteiger partial charge in [0.1, 0.15) is 4.83 Å². The Morgan fingerprint density at radius 3 is 2.82 bits per heavy atom. The first-order valence-corrected chi connectivity index (χ1v) is 10.4. The highest BCUT2D eigenvalue weighted by Crippen LogP contribution is 2.35. The third kappa shape index (κ3) is 3.40. The zero-order valence-electron chi connectivity index (χ0n) is 14.9. The molecule has 10 heteroatoms. The van der Waals surface area contributed by atoms with Crippen LogP contribution in [0.1, 0.15) is 16.9 Å². The smallest absolute Gasteiger partial charge is 0.269 e. The Morgan fingerprint density at radius 2 is 2.11 bits per heavy atom. The van der Waals surface area contributed by atoms with Gasteiger partial charge >= 0.3 is 0 Å². The molecule has 0 saturated carbocycles. The Balaban J connectivity index is 1.48. The number of nitro benzene ring substituents is 1. The standard InChI is InChI=1S/C18H16N4O4S2/c1-21-17(24)15-12-3-2-4-13(12)28-16(15)20-18(21)27-9-14(23)19-10-5-7-11(8-6-10)22(25)26/h5-8H,2-4,9H2,1H3,(H,19,23). The minimum Gasteiger partial charge on any atom is -0.325 e. The van der Waals surface area contributed by atoms with E-state index in [4.69, 9.17) is 0 Å². The van der Waals surface area contributed by atoms with Crippen LogP contribution in [0, 0.1) is 10.1 Å². The SMILES string of the molecule is Cn1c(SCC(=O)Nc2ccc([N+](=O)[O-])cc2)nc2sc3c(c2c1=O)CCC3. The van der Waals surface area contributed by atoms with E-state index in [0.717, 1.165) is 35.0 Å². The number of nitrogens with zero attached hydrogens (tertiary/aromatic N) is 3. The van der Waals surface area contributed by atoms with Crippen LogP contribution in [0.15, 0.2) is 34.2 Å². The van der Waals surface area contributed by atoms with E-state index in [2.05, 4.69) is 10.3 Å². The molecule has 144 valence electrons. The molecule has 3 aromatic rings. The van der Waals surface area contributed by atoms with Crippen molar-refractivity contribution in [2.24, 2.45) is 7.05 Å². The molecule has 8 nitrogen and oxygen atoms in total. The van der Waals surface area contributed by atoms with E-state index in [1.165, 1.54) is 45.5 Å². The van der Waals surface area contributed by atoms with Crippen LogP contribution in [0.3, 0.4) is 0 Å². The summed E-state index contributed by atoms with van der Waals surface area (Å²) in [5.41, 5.74) is 1.51. The van der Waals surface area contributed by atoms with Gasteiger partial charge in [-0.1, -0.05) is 11.8 Å². The molecule has 1 aromatic carbocycles. The maximum Gasteiger partial charge on any atom is 0.269 e. The number of hydrogen-bond acceptors (Lipinski definition) is 7. The fourth-order valence-corrected chi connectivity index (χ4v) is 5.30. The van der Waals surface area contributed by atoms with Crippen LogP contribution in [-0.2, 0) is 24.7 Å². The van der Waals surface area contributed by atoms with Gasteiger partial charge in [0.05, 0.1) is 16.1 Å². The number of thiophene rings is 1. The largest absolute Gasteiger partial charge is 0.325 e. The van der Waals surface area contributed by atoms with Crippen molar-refractivity contribution in [3.63, 3.8) is 0 Å². The number of nitro groups is 1. The molecule has 28 heavy (non-hydrogen) atoms. The first-order valence-electron chi connectivity index (χ1n) is 8.62. The van der Waals surface area contributed by atoms with E-state index in [9.17, 15) is 19.7 Å². The second kappa shape index (κ2) is 7.36. The number of aryl methyl sites for hydroxylation is 2. The number of carbonyl (C=O) groups excluding carboxylic acids is 1. The van der Waals surface area contributed by atoms with Gasteiger partial charge in [-0.25, -0.2) is 4.98 Å². The summed E-state index contributed by atoms with van der Waals surface area (Å²) >= 11 is 2.76. The molecule has 1 N–H and O–H groups in total. The molecule has 0 aliphatic heterocycles. The third-order valence-corrected chi connectivity index (χ3v) is 6.82. The predicted molar refractivity (Wildman–Crippen MR) is 109 cm³/mol. The first-order chi connectivity index (χ1) is 13.4. The number of rotatable bonds is 5. The molecule has 0 spiro atoms. The highest BCUT2D eigenvalue weighted by Gasteiger charge is 2.22. The van der Waals surface area contributed by atoms with E-state index in [0.29, 0.717) is 10.8 Å². The van der Waals surface area contributed by atoms with Crippen LogP contribution in [0.2, 0.25) is 0 Å². The zero-order chi connectivity index (χ0) is 19.8. The normalized spacial score (nSPS) is 12.9.